The summed E-state index contributed by atoms with van der Waals surface area (Å²) < 4.78 is 13.6. The monoisotopic (exact) mass is 171 g/mol. The van der Waals surface area contributed by atoms with E-state index in [0.717, 1.165) is 32.2 Å². The highest BCUT2D eigenvalue weighted by atomic mass is 19.1. The van der Waals surface area contributed by atoms with Crippen molar-refractivity contribution in [2.45, 2.75) is 38.3 Å². The minimum Gasteiger partial charge on any atom is -0.330 e. The standard InChI is InChI=1S/C10H18FN/c11-10-8-2-1-3-9(10)5-7(4-8)6-12/h7-10H,1-6,12H2/t7?,8-,9-,10?/m1/s1. The van der Waals surface area contributed by atoms with Crippen molar-refractivity contribution in [2.24, 2.45) is 23.5 Å². The Morgan fingerprint density at radius 2 is 1.75 bits per heavy atom. The van der Waals surface area contributed by atoms with Crippen LogP contribution in [0.25, 0.3) is 0 Å². The van der Waals surface area contributed by atoms with Crippen LogP contribution in [-0.4, -0.2) is 12.7 Å². The first-order valence-corrected chi connectivity index (χ1v) is 5.15. The van der Waals surface area contributed by atoms with E-state index < -0.39 is 6.17 Å². The van der Waals surface area contributed by atoms with E-state index >= 15 is 0 Å². The molecular weight excluding hydrogens is 153 g/mol. The molecule has 2 heteroatoms. The maximum Gasteiger partial charge on any atom is 0.106 e. The smallest absolute Gasteiger partial charge is 0.106 e. The zero-order valence-electron chi connectivity index (χ0n) is 7.51. The van der Waals surface area contributed by atoms with Gasteiger partial charge >= 0.3 is 0 Å². The second kappa shape index (κ2) is 3.33. The summed E-state index contributed by atoms with van der Waals surface area (Å²) in [5, 5.41) is 0. The molecule has 70 valence electrons. The van der Waals surface area contributed by atoms with Crippen molar-refractivity contribution in [3.63, 3.8) is 0 Å². The SMILES string of the molecule is NCC1C[C@H]2CCC[C@H](C1)C2F. The van der Waals surface area contributed by atoms with E-state index in [1.165, 1.54) is 6.42 Å². The first-order valence-electron chi connectivity index (χ1n) is 5.15. The summed E-state index contributed by atoms with van der Waals surface area (Å²) in [6.07, 6.45) is 5.05. The lowest BCUT2D eigenvalue weighted by atomic mass is 9.67. The van der Waals surface area contributed by atoms with Crippen molar-refractivity contribution in [2.75, 3.05) is 6.54 Å². The largest absolute Gasteiger partial charge is 0.330 e. The van der Waals surface area contributed by atoms with Gasteiger partial charge in [-0.05, 0) is 50.0 Å². The number of rotatable bonds is 1. The van der Waals surface area contributed by atoms with E-state index in [0.29, 0.717) is 17.8 Å². The fourth-order valence-corrected chi connectivity index (χ4v) is 2.99. The summed E-state index contributed by atoms with van der Waals surface area (Å²) in [5.74, 6) is 1.32. The fraction of sp³-hybridized carbons (Fsp3) is 1.00. The molecule has 0 spiro atoms. The molecule has 1 nitrogen and oxygen atoms in total. The van der Waals surface area contributed by atoms with E-state index in [4.69, 9.17) is 5.73 Å². The van der Waals surface area contributed by atoms with Crippen LogP contribution in [-0.2, 0) is 0 Å². The van der Waals surface area contributed by atoms with Gasteiger partial charge in [0.15, 0.2) is 0 Å². The highest BCUT2D eigenvalue weighted by Gasteiger charge is 2.39. The first kappa shape index (κ1) is 8.49. The fourth-order valence-electron chi connectivity index (χ4n) is 2.99. The van der Waals surface area contributed by atoms with E-state index in [2.05, 4.69) is 0 Å². The average Bonchev–Trinajstić information content (AvgIpc) is 2.04. The molecule has 0 amide bonds. The van der Waals surface area contributed by atoms with Crippen LogP contribution in [0.5, 0.6) is 0 Å². The summed E-state index contributed by atoms with van der Waals surface area (Å²) >= 11 is 0. The van der Waals surface area contributed by atoms with Gasteiger partial charge in [-0.2, -0.15) is 0 Å². The van der Waals surface area contributed by atoms with E-state index in [9.17, 15) is 4.39 Å². The van der Waals surface area contributed by atoms with E-state index in [1.807, 2.05) is 0 Å². The van der Waals surface area contributed by atoms with Gasteiger partial charge in [-0.3, -0.25) is 0 Å². The van der Waals surface area contributed by atoms with Gasteiger partial charge in [0.25, 0.3) is 0 Å². The van der Waals surface area contributed by atoms with Crippen molar-refractivity contribution in [3.05, 3.63) is 0 Å². The molecule has 0 aromatic heterocycles. The van der Waals surface area contributed by atoms with Crippen LogP contribution >= 0.6 is 0 Å². The van der Waals surface area contributed by atoms with E-state index in [-0.39, 0.29) is 0 Å². The predicted molar refractivity (Wildman–Crippen MR) is 47.5 cm³/mol. The van der Waals surface area contributed by atoms with Crippen LogP contribution in [0, 0.1) is 17.8 Å². The average molecular weight is 171 g/mol. The van der Waals surface area contributed by atoms with Gasteiger partial charge in [0.1, 0.15) is 6.17 Å². The first-order chi connectivity index (χ1) is 5.81. The third-order valence-corrected chi connectivity index (χ3v) is 3.66. The highest BCUT2D eigenvalue weighted by molar-refractivity contribution is 4.90. The second-order valence-corrected chi connectivity index (χ2v) is 4.47. The molecule has 2 rings (SSSR count). The Labute approximate surface area is 73.5 Å². The number of nitrogens with two attached hydrogens (primary N) is 1. The van der Waals surface area contributed by atoms with Crippen molar-refractivity contribution in [1.82, 2.24) is 0 Å². The second-order valence-electron chi connectivity index (χ2n) is 4.47. The van der Waals surface area contributed by atoms with Crippen molar-refractivity contribution < 1.29 is 4.39 Å². The maximum atomic E-state index is 13.6. The molecule has 0 unspecified atom stereocenters. The molecule has 0 aromatic rings. The minimum absolute atomic E-state index is 0.353. The summed E-state index contributed by atoms with van der Waals surface area (Å²) in [6, 6.07) is 0. The van der Waals surface area contributed by atoms with Gasteiger partial charge in [0.05, 0.1) is 0 Å². The number of alkyl halides is 1. The molecular formula is C10H18FN. The van der Waals surface area contributed by atoms with Crippen molar-refractivity contribution >= 4 is 0 Å². The third kappa shape index (κ3) is 1.37. The zero-order chi connectivity index (χ0) is 8.55. The lowest BCUT2D eigenvalue weighted by molar-refractivity contribution is 0.0274. The summed E-state index contributed by atoms with van der Waals surface area (Å²) in [6.45, 7) is 0.764. The summed E-state index contributed by atoms with van der Waals surface area (Å²) in [4.78, 5) is 0. The molecule has 2 bridgehead atoms. The number of hydrogen-bond donors (Lipinski definition) is 1. The molecule has 2 N–H and O–H groups in total. The topological polar surface area (TPSA) is 26.0 Å². The molecule has 0 heterocycles. The molecule has 0 aromatic carbocycles. The van der Waals surface area contributed by atoms with Crippen molar-refractivity contribution in [1.29, 1.82) is 0 Å². The van der Waals surface area contributed by atoms with Gasteiger partial charge in [0, 0.05) is 0 Å². The van der Waals surface area contributed by atoms with E-state index in [1.54, 1.807) is 0 Å². The van der Waals surface area contributed by atoms with Crippen LogP contribution in [0.1, 0.15) is 32.1 Å². The van der Waals surface area contributed by atoms with Crippen LogP contribution < -0.4 is 5.73 Å². The Morgan fingerprint density at radius 3 is 2.25 bits per heavy atom. The number of halogens is 1. The molecule has 2 fully saturated rings. The van der Waals surface area contributed by atoms with Gasteiger partial charge < -0.3 is 5.73 Å². The van der Waals surface area contributed by atoms with Gasteiger partial charge in [0.2, 0.25) is 0 Å². The van der Waals surface area contributed by atoms with Crippen molar-refractivity contribution in [3.8, 4) is 0 Å². The Morgan fingerprint density at radius 1 is 1.17 bits per heavy atom. The lowest BCUT2D eigenvalue weighted by Crippen LogP contribution is -2.39. The van der Waals surface area contributed by atoms with Gasteiger partial charge in [-0.25, -0.2) is 4.39 Å². The van der Waals surface area contributed by atoms with Gasteiger partial charge in [-0.15, -0.1) is 0 Å². The Bertz CT molecular complexity index is 146. The normalized spacial score (nSPS) is 47.5. The third-order valence-electron chi connectivity index (χ3n) is 3.66. The quantitative estimate of drug-likeness (QED) is 0.642. The highest BCUT2D eigenvalue weighted by Crippen LogP contribution is 2.43. The maximum absolute atomic E-state index is 13.6. The number of fused-ring (bicyclic) bond motifs is 2. The predicted octanol–water partition coefficient (Wildman–Crippen LogP) is 2.11. The van der Waals surface area contributed by atoms with Crippen LogP contribution in [0.15, 0.2) is 0 Å². The minimum atomic E-state index is -0.499. The molecule has 2 atom stereocenters. The summed E-state index contributed by atoms with van der Waals surface area (Å²) in [7, 11) is 0. The Balaban J connectivity index is 2.02. The molecule has 0 saturated heterocycles. The van der Waals surface area contributed by atoms with Crippen LogP contribution in [0.4, 0.5) is 4.39 Å². The lowest BCUT2D eigenvalue weighted by Gasteiger charge is -2.41. The van der Waals surface area contributed by atoms with Crippen LogP contribution in [0.3, 0.4) is 0 Å². The Hall–Kier alpha value is -0.110. The molecule has 2 saturated carbocycles. The molecule has 2 aliphatic carbocycles. The van der Waals surface area contributed by atoms with Gasteiger partial charge in [-0.1, -0.05) is 6.42 Å². The summed E-state index contributed by atoms with van der Waals surface area (Å²) in [5.41, 5.74) is 5.63. The number of hydrogen-bond acceptors (Lipinski definition) is 1. The Kier molecular flexibility index (Phi) is 2.35. The molecule has 12 heavy (non-hydrogen) atoms. The molecule has 0 radical (unpaired) electrons. The molecule has 0 aliphatic heterocycles. The van der Waals surface area contributed by atoms with Crippen LogP contribution in [0.2, 0.25) is 0 Å². The molecule has 2 aliphatic rings. The zero-order valence-corrected chi connectivity index (χ0v) is 7.51.